The second-order valence-corrected chi connectivity index (χ2v) is 5.07. The highest BCUT2D eigenvalue weighted by Crippen LogP contribution is 2.42. The monoisotopic (exact) mass is 193 g/mol. The second kappa shape index (κ2) is 3.41. The van der Waals surface area contributed by atoms with Gasteiger partial charge in [-0.3, -0.25) is 4.79 Å². The maximum Gasteiger partial charge on any atom is 0.217 e. The van der Waals surface area contributed by atoms with Crippen molar-refractivity contribution in [3.63, 3.8) is 0 Å². The molecule has 0 aromatic rings. The molecular formula is C12H19NO. The van der Waals surface area contributed by atoms with E-state index in [0.717, 1.165) is 18.8 Å². The van der Waals surface area contributed by atoms with Gasteiger partial charge >= 0.3 is 0 Å². The van der Waals surface area contributed by atoms with Gasteiger partial charge in [0.1, 0.15) is 0 Å². The van der Waals surface area contributed by atoms with Crippen molar-refractivity contribution < 1.29 is 4.79 Å². The van der Waals surface area contributed by atoms with E-state index in [9.17, 15) is 4.79 Å². The maximum atomic E-state index is 11.1. The molecule has 2 rings (SSSR count). The Labute approximate surface area is 85.8 Å². The molecule has 0 unspecified atom stereocenters. The lowest BCUT2D eigenvalue weighted by Crippen LogP contribution is -2.49. The average molecular weight is 193 g/mol. The van der Waals surface area contributed by atoms with Gasteiger partial charge in [-0.05, 0) is 44.4 Å². The van der Waals surface area contributed by atoms with E-state index in [2.05, 4.69) is 24.4 Å². The summed E-state index contributed by atoms with van der Waals surface area (Å²) < 4.78 is 0. The third kappa shape index (κ3) is 1.84. The first-order valence-corrected chi connectivity index (χ1v) is 5.54. The SMILES string of the molecule is CC(=O)N[C@]1(C)CC[C@@H]2CC=C[C@@H]2C1. The molecule has 1 saturated carbocycles. The zero-order chi connectivity index (χ0) is 10.2. The Bertz CT molecular complexity index is 271. The van der Waals surface area contributed by atoms with E-state index in [1.54, 1.807) is 6.92 Å². The van der Waals surface area contributed by atoms with Crippen molar-refractivity contribution in [1.82, 2.24) is 5.32 Å². The number of fused-ring (bicyclic) bond motifs is 1. The second-order valence-electron chi connectivity index (χ2n) is 5.07. The Kier molecular flexibility index (Phi) is 2.38. The van der Waals surface area contributed by atoms with Crippen molar-refractivity contribution in [3.05, 3.63) is 12.2 Å². The Balaban J connectivity index is 2.02. The number of allylic oxidation sites excluding steroid dienone is 2. The predicted molar refractivity (Wildman–Crippen MR) is 56.8 cm³/mol. The van der Waals surface area contributed by atoms with E-state index in [1.807, 2.05) is 0 Å². The van der Waals surface area contributed by atoms with Gasteiger partial charge in [0.25, 0.3) is 0 Å². The quantitative estimate of drug-likeness (QED) is 0.636. The number of hydrogen-bond acceptors (Lipinski definition) is 1. The largest absolute Gasteiger partial charge is 0.351 e. The first-order valence-electron chi connectivity index (χ1n) is 5.54. The molecule has 14 heavy (non-hydrogen) atoms. The molecule has 2 aliphatic rings. The summed E-state index contributed by atoms with van der Waals surface area (Å²) in [5, 5.41) is 3.10. The Morgan fingerprint density at radius 2 is 2.36 bits per heavy atom. The van der Waals surface area contributed by atoms with Gasteiger partial charge in [0.2, 0.25) is 5.91 Å². The van der Waals surface area contributed by atoms with Crippen LogP contribution in [0.4, 0.5) is 0 Å². The zero-order valence-corrected chi connectivity index (χ0v) is 9.05. The van der Waals surface area contributed by atoms with Crippen molar-refractivity contribution in [3.8, 4) is 0 Å². The standard InChI is InChI=1S/C12H19NO/c1-9(14)13-12(2)7-6-10-4-3-5-11(10)8-12/h3,5,10-11H,4,6-8H2,1-2H3,(H,13,14)/t10-,11+,12+/m0/s1. The molecule has 0 saturated heterocycles. The van der Waals surface area contributed by atoms with Gasteiger partial charge in [-0.15, -0.1) is 0 Å². The van der Waals surface area contributed by atoms with Crippen LogP contribution in [0.15, 0.2) is 12.2 Å². The molecule has 0 aromatic carbocycles. The van der Waals surface area contributed by atoms with E-state index in [-0.39, 0.29) is 11.4 Å². The average Bonchev–Trinajstić information content (AvgIpc) is 2.48. The van der Waals surface area contributed by atoms with Crippen LogP contribution in [-0.2, 0) is 4.79 Å². The van der Waals surface area contributed by atoms with Gasteiger partial charge in [0.15, 0.2) is 0 Å². The van der Waals surface area contributed by atoms with Crippen molar-refractivity contribution >= 4 is 5.91 Å². The van der Waals surface area contributed by atoms with Crippen LogP contribution in [0.2, 0.25) is 0 Å². The number of carbonyl (C=O) groups is 1. The topological polar surface area (TPSA) is 29.1 Å². The first-order chi connectivity index (χ1) is 6.59. The number of nitrogens with one attached hydrogen (secondary N) is 1. The van der Waals surface area contributed by atoms with Crippen molar-refractivity contribution in [2.24, 2.45) is 11.8 Å². The molecule has 78 valence electrons. The molecule has 0 bridgehead atoms. The Hall–Kier alpha value is -0.790. The van der Waals surface area contributed by atoms with Crippen LogP contribution < -0.4 is 5.32 Å². The van der Waals surface area contributed by atoms with Crippen LogP contribution in [0, 0.1) is 11.8 Å². The highest BCUT2D eigenvalue weighted by molar-refractivity contribution is 5.73. The number of carbonyl (C=O) groups excluding carboxylic acids is 1. The molecule has 3 atom stereocenters. The van der Waals surface area contributed by atoms with Crippen molar-refractivity contribution in [1.29, 1.82) is 0 Å². The lowest BCUT2D eigenvalue weighted by Gasteiger charge is -2.40. The molecule has 0 radical (unpaired) electrons. The summed E-state index contributed by atoms with van der Waals surface area (Å²) in [5.41, 5.74) is 0.0433. The summed E-state index contributed by atoms with van der Waals surface area (Å²) >= 11 is 0. The van der Waals surface area contributed by atoms with Crippen LogP contribution in [0.25, 0.3) is 0 Å². The summed E-state index contributed by atoms with van der Waals surface area (Å²) in [6.07, 6.45) is 9.40. The highest BCUT2D eigenvalue weighted by Gasteiger charge is 2.38. The molecule has 0 aliphatic heterocycles. The van der Waals surface area contributed by atoms with E-state index in [4.69, 9.17) is 0 Å². The molecule has 0 heterocycles. The predicted octanol–water partition coefficient (Wildman–Crippen LogP) is 2.26. The molecule has 2 aliphatic carbocycles. The summed E-state index contributed by atoms with van der Waals surface area (Å²) in [6.45, 7) is 3.79. The van der Waals surface area contributed by atoms with Gasteiger partial charge in [-0.2, -0.15) is 0 Å². The van der Waals surface area contributed by atoms with Crippen LogP contribution >= 0.6 is 0 Å². The van der Waals surface area contributed by atoms with Crippen LogP contribution in [0.1, 0.15) is 39.5 Å². The molecular weight excluding hydrogens is 174 g/mol. The molecule has 0 spiro atoms. The Morgan fingerprint density at radius 3 is 3.07 bits per heavy atom. The molecule has 2 heteroatoms. The summed E-state index contributed by atoms with van der Waals surface area (Å²) in [7, 11) is 0. The van der Waals surface area contributed by atoms with E-state index in [0.29, 0.717) is 5.92 Å². The summed E-state index contributed by atoms with van der Waals surface area (Å²) in [6, 6.07) is 0. The zero-order valence-electron chi connectivity index (χ0n) is 9.05. The van der Waals surface area contributed by atoms with E-state index >= 15 is 0 Å². The third-order valence-electron chi connectivity index (χ3n) is 3.66. The lowest BCUT2D eigenvalue weighted by molar-refractivity contribution is -0.121. The fourth-order valence-electron chi connectivity index (χ4n) is 2.99. The summed E-state index contributed by atoms with van der Waals surface area (Å²) in [5.74, 6) is 1.67. The van der Waals surface area contributed by atoms with Crippen LogP contribution in [0.5, 0.6) is 0 Å². The molecule has 1 fully saturated rings. The van der Waals surface area contributed by atoms with Gasteiger partial charge in [0, 0.05) is 12.5 Å². The minimum atomic E-state index is 0.0433. The minimum absolute atomic E-state index is 0.0433. The maximum absolute atomic E-state index is 11.1. The molecule has 0 aromatic heterocycles. The smallest absolute Gasteiger partial charge is 0.217 e. The Morgan fingerprint density at radius 1 is 1.57 bits per heavy atom. The third-order valence-corrected chi connectivity index (χ3v) is 3.66. The molecule has 1 N–H and O–H groups in total. The first kappa shape index (κ1) is 9.75. The van der Waals surface area contributed by atoms with Crippen LogP contribution in [0.3, 0.4) is 0 Å². The van der Waals surface area contributed by atoms with Crippen molar-refractivity contribution in [2.75, 3.05) is 0 Å². The van der Waals surface area contributed by atoms with Gasteiger partial charge in [0.05, 0.1) is 0 Å². The van der Waals surface area contributed by atoms with Gasteiger partial charge in [-0.25, -0.2) is 0 Å². The number of amides is 1. The fourth-order valence-corrected chi connectivity index (χ4v) is 2.99. The van der Waals surface area contributed by atoms with E-state index in [1.165, 1.54) is 12.8 Å². The lowest BCUT2D eigenvalue weighted by atomic mass is 9.72. The van der Waals surface area contributed by atoms with Crippen molar-refractivity contribution in [2.45, 2.75) is 45.1 Å². The van der Waals surface area contributed by atoms with E-state index < -0.39 is 0 Å². The number of hydrogen-bond donors (Lipinski definition) is 1. The molecule has 1 amide bonds. The molecule has 2 nitrogen and oxygen atoms in total. The normalized spacial score (nSPS) is 40.7. The fraction of sp³-hybridized carbons (Fsp3) is 0.750. The minimum Gasteiger partial charge on any atom is -0.351 e. The highest BCUT2D eigenvalue weighted by atomic mass is 16.1. The van der Waals surface area contributed by atoms with Crippen LogP contribution in [-0.4, -0.2) is 11.4 Å². The van der Waals surface area contributed by atoms with Gasteiger partial charge < -0.3 is 5.32 Å². The number of rotatable bonds is 1. The van der Waals surface area contributed by atoms with Gasteiger partial charge in [-0.1, -0.05) is 12.2 Å². The summed E-state index contributed by atoms with van der Waals surface area (Å²) in [4.78, 5) is 11.1.